The second-order valence-corrected chi connectivity index (χ2v) is 12.1. The van der Waals surface area contributed by atoms with E-state index in [0.29, 0.717) is 17.1 Å². The van der Waals surface area contributed by atoms with Gasteiger partial charge in [-0.05, 0) is 87.2 Å². The molecule has 0 radical (unpaired) electrons. The van der Waals surface area contributed by atoms with E-state index in [1.807, 2.05) is 40.7 Å². The predicted molar refractivity (Wildman–Crippen MR) is 156 cm³/mol. The van der Waals surface area contributed by atoms with Crippen molar-refractivity contribution in [3.8, 4) is 0 Å². The van der Waals surface area contributed by atoms with E-state index in [2.05, 4.69) is 5.32 Å². The van der Waals surface area contributed by atoms with Gasteiger partial charge in [0, 0.05) is 17.6 Å². The largest absolute Gasteiger partial charge is 0.352 e. The van der Waals surface area contributed by atoms with Crippen LogP contribution in [-0.4, -0.2) is 43.8 Å². The average Bonchev–Trinajstić information content (AvgIpc) is 2.90. The summed E-state index contributed by atoms with van der Waals surface area (Å²) in [5.74, 6) is -0.785. The third kappa shape index (κ3) is 7.61. The van der Waals surface area contributed by atoms with Crippen LogP contribution in [0.25, 0.3) is 0 Å². The van der Waals surface area contributed by atoms with Gasteiger partial charge in [0.2, 0.25) is 11.8 Å². The van der Waals surface area contributed by atoms with Gasteiger partial charge in [-0.1, -0.05) is 54.9 Å². The number of nitrogens with zero attached hydrogens (tertiary/aromatic N) is 2. The van der Waals surface area contributed by atoms with E-state index in [1.54, 1.807) is 54.6 Å². The van der Waals surface area contributed by atoms with Crippen LogP contribution < -0.4 is 9.62 Å². The predicted octanol–water partition coefficient (Wildman–Crippen LogP) is 5.48. The minimum absolute atomic E-state index is 0.0740. The van der Waals surface area contributed by atoms with Gasteiger partial charge < -0.3 is 10.2 Å². The van der Waals surface area contributed by atoms with Crippen LogP contribution in [0.3, 0.4) is 0 Å². The number of anilines is 1. The Morgan fingerprint density at radius 3 is 2.13 bits per heavy atom. The molecule has 0 fully saturated rings. The molecule has 208 valence electrons. The number of nitrogens with one attached hydrogen (secondary N) is 1. The Hall–Kier alpha value is -3.36. The first-order valence-corrected chi connectivity index (χ1v) is 14.7. The van der Waals surface area contributed by atoms with Crippen molar-refractivity contribution in [2.24, 2.45) is 0 Å². The van der Waals surface area contributed by atoms with Crippen LogP contribution in [0.1, 0.15) is 43.9 Å². The molecular formula is C30H36ClN3O4S. The molecule has 0 aliphatic carbocycles. The minimum atomic E-state index is -4.09. The van der Waals surface area contributed by atoms with Crippen molar-refractivity contribution >= 4 is 39.1 Å². The monoisotopic (exact) mass is 569 g/mol. The topological polar surface area (TPSA) is 86.8 Å². The van der Waals surface area contributed by atoms with Crippen LogP contribution in [-0.2, 0) is 26.2 Å². The van der Waals surface area contributed by atoms with Gasteiger partial charge in [0.15, 0.2) is 0 Å². The van der Waals surface area contributed by atoms with E-state index >= 15 is 0 Å². The molecule has 0 aliphatic rings. The summed E-state index contributed by atoms with van der Waals surface area (Å²) in [5, 5.41) is 3.44. The standard InChI is InChI=1S/C30H36ClN3O4S/c1-6-28(30(36)32-21(2)3)33(19-24-13-15-25(31)16-14-24)29(35)20-34(26-17-12-22(4)23(5)18-26)39(37,38)27-10-8-7-9-11-27/h7-18,21,28H,6,19-20H2,1-5H3,(H,32,36). The van der Waals surface area contributed by atoms with Gasteiger partial charge >= 0.3 is 0 Å². The first kappa shape index (κ1) is 30.2. The van der Waals surface area contributed by atoms with Crippen molar-refractivity contribution in [3.63, 3.8) is 0 Å². The Labute approximate surface area is 236 Å². The molecule has 39 heavy (non-hydrogen) atoms. The number of benzene rings is 3. The highest BCUT2D eigenvalue weighted by atomic mass is 35.5. The molecule has 0 saturated carbocycles. The molecule has 3 rings (SSSR count). The second kappa shape index (κ2) is 13.1. The van der Waals surface area contributed by atoms with Gasteiger partial charge in [0.1, 0.15) is 12.6 Å². The number of sulfonamides is 1. The van der Waals surface area contributed by atoms with Gasteiger partial charge in [-0.15, -0.1) is 0 Å². The molecule has 0 saturated heterocycles. The maximum absolute atomic E-state index is 14.0. The van der Waals surface area contributed by atoms with Crippen LogP contribution in [0.5, 0.6) is 0 Å². The zero-order valence-electron chi connectivity index (χ0n) is 23.0. The summed E-state index contributed by atoms with van der Waals surface area (Å²) in [4.78, 5) is 28.7. The molecule has 3 aromatic rings. The van der Waals surface area contributed by atoms with E-state index in [1.165, 1.54) is 17.0 Å². The lowest BCUT2D eigenvalue weighted by molar-refractivity contribution is -0.140. The number of halogens is 1. The number of carbonyl (C=O) groups is 2. The molecule has 1 unspecified atom stereocenters. The summed E-state index contributed by atoms with van der Waals surface area (Å²) >= 11 is 6.06. The van der Waals surface area contributed by atoms with E-state index in [9.17, 15) is 18.0 Å². The summed E-state index contributed by atoms with van der Waals surface area (Å²) in [6.45, 7) is 9.00. The highest BCUT2D eigenvalue weighted by Crippen LogP contribution is 2.27. The van der Waals surface area contributed by atoms with Gasteiger partial charge in [0.25, 0.3) is 10.0 Å². The summed E-state index contributed by atoms with van der Waals surface area (Å²) in [7, 11) is -4.09. The van der Waals surface area contributed by atoms with Crippen molar-refractivity contribution in [1.82, 2.24) is 10.2 Å². The van der Waals surface area contributed by atoms with Crippen molar-refractivity contribution in [1.29, 1.82) is 0 Å². The molecule has 0 heterocycles. The molecule has 0 bridgehead atoms. The number of hydrogen-bond donors (Lipinski definition) is 1. The highest BCUT2D eigenvalue weighted by molar-refractivity contribution is 7.92. The van der Waals surface area contributed by atoms with Crippen molar-refractivity contribution in [3.05, 3.63) is 94.5 Å². The molecule has 7 nitrogen and oxygen atoms in total. The second-order valence-electron chi connectivity index (χ2n) is 9.83. The Morgan fingerprint density at radius 1 is 0.923 bits per heavy atom. The average molecular weight is 570 g/mol. The van der Waals surface area contributed by atoms with Crippen LogP contribution in [0, 0.1) is 13.8 Å². The first-order valence-electron chi connectivity index (χ1n) is 12.9. The van der Waals surface area contributed by atoms with Gasteiger partial charge in [-0.3, -0.25) is 13.9 Å². The van der Waals surface area contributed by atoms with Crippen molar-refractivity contribution < 1.29 is 18.0 Å². The molecule has 0 aromatic heterocycles. The van der Waals surface area contributed by atoms with E-state index in [0.717, 1.165) is 21.0 Å². The molecular weight excluding hydrogens is 534 g/mol. The normalized spacial score (nSPS) is 12.2. The zero-order chi connectivity index (χ0) is 28.7. The van der Waals surface area contributed by atoms with Crippen LogP contribution in [0.15, 0.2) is 77.7 Å². The summed E-state index contributed by atoms with van der Waals surface area (Å²) in [5.41, 5.74) is 3.05. The fourth-order valence-electron chi connectivity index (χ4n) is 4.22. The molecule has 2 amide bonds. The number of amides is 2. The summed E-state index contributed by atoms with van der Waals surface area (Å²) < 4.78 is 28.8. The lowest BCUT2D eigenvalue weighted by Gasteiger charge is -2.33. The number of rotatable bonds is 11. The maximum atomic E-state index is 14.0. The summed E-state index contributed by atoms with van der Waals surface area (Å²) in [6, 6.07) is 19.4. The third-order valence-electron chi connectivity index (χ3n) is 6.47. The molecule has 0 spiro atoms. The van der Waals surface area contributed by atoms with Gasteiger partial charge in [-0.2, -0.15) is 0 Å². The molecule has 1 atom stereocenters. The van der Waals surface area contributed by atoms with Crippen LogP contribution >= 0.6 is 11.6 Å². The van der Waals surface area contributed by atoms with Crippen LogP contribution in [0.4, 0.5) is 5.69 Å². The Bertz CT molecular complexity index is 1390. The number of carbonyl (C=O) groups excluding carboxylic acids is 2. The van der Waals surface area contributed by atoms with Crippen molar-refractivity contribution in [2.75, 3.05) is 10.8 Å². The van der Waals surface area contributed by atoms with Gasteiger partial charge in [0.05, 0.1) is 10.6 Å². The zero-order valence-corrected chi connectivity index (χ0v) is 24.6. The van der Waals surface area contributed by atoms with E-state index in [-0.39, 0.29) is 23.4 Å². The minimum Gasteiger partial charge on any atom is -0.352 e. The van der Waals surface area contributed by atoms with Crippen LogP contribution in [0.2, 0.25) is 5.02 Å². The third-order valence-corrected chi connectivity index (χ3v) is 8.51. The lowest BCUT2D eigenvalue weighted by atomic mass is 10.1. The Balaban J connectivity index is 2.07. The molecule has 0 aliphatic heterocycles. The first-order chi connectivity index (χ1) is 18.4. The SMILES string of the molecule is CCC(C(=O)NC(C)C)N(Cc1ccc(Cl)cc1)C(=O)CN(c1ccc(C)c(C)c1)S(=O)(=O)c1ccccc1. The number of aryl methyl sites for hydroxylation is 2. The van der Waals surface area contributed by atoms with Crippen molar-refractivity contribution in [2.45, 2.75) is 64.6 Å². The summed E-state index contributed by atoms with van der Waals surface area (Å²) in [6.07, 6.45) is 0.354. The lowest BCUT2D eigenvalue weighted by Crippen LogP contribution is -2.53. The Kier molecular flexibility index (Phi) is 10.2. The molecule has 1 N–H and O–H groups in total. The molecule has 9 heteroatoms. The fourth-order valence-corrected chi connectivity index (χ4v) is 5.77. The van der Waals surface area contributed by atoms with E-state index < -0.39 is 28.5 Å². The smallest absolute Gasteiger partial charge is 0.264 e. The maximum Gasteiger partial charge on any atom is 0.264 e. The van der Waals surface area contributed by atoms with Gasteiger partial charge in [-0.25, -0.2) is 8.42 Å². The fraction of sp³-hybridized carbons (Fsp3) is 0.333. The van der Waals surface area contributed by atoms with E-state index in [4.69, 9.17) is 11.6 Å². The Morgan fingerprint density at radius 2 is 1.56 bits per heavy atom. The highest BCUT2D eigenvalue weighted by Gasteiger charge is 2.33. The number of hydrogen-bond acceptors (Lipinski definition) is 4. The molecule has 3 aromatic carbocycles. The quantitative estimate of drug-likeness (QED) is 0.331.